The van der Waals surface area contributed by atoms with Crippen LogP contribution in [0.25, 0.3) is 11.0 Å². The first kappa shape index (κ1) is 16.8. The van der Waals surface area contributed by atoms with Crippen molar-refractivity contribution in [2.24, 2.45) is 5.92 Å². The summed E-state index contributed by atoms with van der Waals surface area (Å²) in [5.74, 6) is -0.295. The molecule has 1 aromatic heterocycles. The maximum Gasteiger partial charge on any atom is 0.225 e. The van der Waals surface area contributed by atoms with Crippen LogP contribution in [0.5, 0.6) is 0 Å². The molecule has 3 aromatic rings. The van der Waals surface area contributed by atoms with Crippen LogP contribution < -0.4 is 5.32 Å². The zero-order chi connectivity index (χ0) is 17.9. The number of aromatic nitrogens is 2. The van der Waals surface area contributed by atoms with E-state index in [0.29, 0.717) is 6.54 Å². The number of hydrogen-bond acceptors (Lipinski definition) is 3. The SMILES string of the molecule is O=C(NCc1cccc(Cn2cnc3ccccc32)c1)C1CCCC1O. The fourth-order valence-electron chi connectivity index (χ4n) is 3.74. The van der Waals surface area contributed by atoms with Crippen molar-refractivity contribution in [2.45, 2.75) is 38.5 Å². The highest BCUT2D eigenvalue weighted by atomic mass is 16.3. The third-order valence-electron chi connectivity index (χ3n) is 5.15. The minimum Gasteiger partial charge on any atom is -0.392 e. The van der Waals surface area contributed by atoms with Gasteiger partial charge >= 0.3 is 0 Å². The van der Waals surface area contributed by atoms with Crippen molar-refractivity contribution in [1.82, 2.24) is 14.9 Å². The van der Waals surface area contributed by atoms with Gasteiger partial charge in [-0.1, -0.05) is 36.4 Å². The summed E-state index contributed by atoms with van der Waals surface area (Å²) in [6.07, 6.45) is 3.80. The van der Waals surface area contributed by atoms with Crippen LogP contribution >= 0.6 is 0 Å². The molecule has 0 saturated heterocycles. The number of fused-ring (bicyclic) bond motifs is 1. The number of para-hydroxylation sites is 2. The van der Waals surface area contributed by atoms with Gasteiger partial charge in [-0.3, -0.25) is 4.79 Å². The molecule has 2 unspecified atom stereocenters. The summed E-state index contributed by atoms with van der Waals surface area (Å²) in [7, 11) is 0. The van der Waals surface area contributed by atoms with Gasteiger partial charge in [0.1, 0.15) is 0 Å². The molecule has 1 amide bonds. The van der Waals surface area contributed by atoms with Crippen molar-refractivity contribution < 1.29 is 9.90 Å². The van der Waals surface area contributed by atoms with Gasteiger partial charge in [-0.05, 0) is 42.5 Å². The van der Waals surface area contributed by atoms with Crippen LogP contribution in [-0.4, -0.2) is 26.7 Å². The molecule has 2 aromatic carbocycles. The molecule has 2 N–H and O–H groups in total. The van der Waals surface area contributed by atoms with Crippen LogP contribution in [0.1, 0.15) is 30.4 Å². The number of carbonyl (C=O) groups is 1. The van der Waals surface area contributed by atoms with E-state index in [2.05, 4.69) is 33.1 Å². The van der Waals surface area contributed by atoms with Gasteiger partial charge in [-0.2, -0.15) is 0 Å². The molecule has 0 radical (unpaired) electrons. The molecule has 5 heteroatoms. The molecule has 2 atom stereocenters. The Labute approximate surface area is 152 Å². The molecule has 1 saturated carbocycles. The van der Waals surface area contributed by atoms with Crippen molar-refractivity contribution >= 4 is 16.9 Å². The van der Waals surface area contributed by atoms with Crippen LogP contribution in [0.15, 0.2) is 54.9 Å². The highest BCUT2D eigenvalue weighted by Gasteiger charge is 2.31. The Kier molecular flexibility index (Phi) is 4.71. The molecular formula is C21H23N3O2. The standard InChI is InChI=1S/C21H23N3O2/c25-20-10-4-7-17(20)21(26)22-12-15-5-3-6-16(11-15)13-24-14-23-18-8-1-2-9-19(18)24/h1-3,5-6,8-9,11,14,17,20,25H,4,7,10,12-13H2,(H,22,26). The van der Waals surface area contributed by atoms with E-state index in [1.807, 2.05) is 36.7 Å². The molecule has 1 fully saturated rings. The first-order valence-corrected chi connectivity index (χ1v) is 9.14. The summed E-state index contributed by atoms with van der Waals surface area (Å²) in [4.78, 5) is 16.7. The van der Waals surface area contributed by atoms with Crippen LogP contribution in [0.4, 0.5) is 0 Å². The lowest BCUT2D eigenvalue weighted by molar-refractivity contribution is -0.127. The summed E-state index contributed by atoms with van der Waals surface area (Å²) in [6, 6.07) is 16.3. The van der Waals surface area contributed by atoms with Gasteiger partial charge in [-0.15, -0.1) is 0 Å². The number of aliphatic hydroxyl groups excluding tert-OH is 1. The van der Waals surface area contributed by atoms with E-state index in [1.165, 1.54) is 5.56 Å². The normalized spacial score (nSPS) is 19.7. The van der Waals surface area contributed by atoms with Gasteiger partial charge in [0, 0.05) is 13.1 Å². The van der Waals surface area contributed by atoms with E-state index in [9.17, 15) is 9.90 Å². The number of nitrogens with one attached hydrogen (secondary N) is 1. The fourth-order valence-corrected chi connectivity index (χ4v) is 3.74. The summed E-state index contributed by atoms with van der Waals surface area (Å²) in [5, 5.41) is 12.8. The predicted molar refractivity (Wildman–Crippen MR) is 100 cm³/mol. The van der Waals surface area contributed by atoms with E-state index < -0.39 is 6.10 Å². The van der Waals surface area contributed by atoms with Gasteiger partial charge in [0.25, 0.3) is 0 Å². The molecule has 1 heterocycles. The topological polar surface area (TPSA) is 67.2 Å². The Morgan fingerprint density at radius 2 is 2.00 bits per heavy atom. The molecule has 134 valence electrons. The maximum atomic E-state index is 12.2. The van der Waals surface area contributed by atoms with E-state index >= 15 is 0 Å². The molecule has 4 rings (SSSR count). The highest BCUT2D eigenvalue weighted by molar-refractivity contribution is 5.79. The minimum absolute atomic E-state index is 0.0407. The van der Waals surface area contributed by atoms with E-state index in [0.717, 1.165) is 42.4 Å². The van der Waals surface area contributed by atoms with Crippen molar-refractivity contribution in [1.29, 1.82) is 0 Å². The monoisotopic (exact) mass is 349 g/mol. The first-order valence-electron chi connectivity index (χ1n) is 9.14. The number of amides is 1. The zero-order valence-electron chi connectivity index (χ0n) is 14.6. The Bertz CT molecular complexity index is 918. The third kappa shape index (κ3) is 3.48. The quantitative estimate of drug-likeness (QED) is 0.744. The first-order chi connectivity index (χ1) is 12.7. The number of aliphatic hydroxyl groups is 1. The average Bonchev–Trinajstić information content (AvgIpc) is 3.27. The number of carbonyl (C=O) groups excluding carboxylic acids is 1. The van der Waals surface area contributed by atoms with Crippen molar-refractivity contribution in [3.05, 3.63) is 66.0 Å². The van der Waals surface area contributed by atoms with Crippen LogP contribution in [-0.2, 0) is 17.9 Å². The number of benzene rings is 2. The van der Waals surface area contributed by atoms with Gasteiger partial charge in [-0.25, -0.2) is 4.98 Å². The van der Waals surface area contributed by atoms with Gasteiger partial charge < -0.3 is 15.0 Å². The van der Waals surface area contributed by atoms with E-state index in [1.54, 1.807) is 0 Å². The molecule has 26 heavy (non-hydrogen) atoms. The van der Waals surface area contributed by atoms with Crippen LogP contribution in [0.2, 0.25) is 0 Å². The lowest BCUT2D eigenvalue weighted by Crippen LogP contribution is -2.34. The van der Waals surface area contributed by atoms with E-state index in [-0.39, 0.29) is 11.8 Å². The predicted octanol–water partition coefficient (Wildman–Crippen LogP) is 2.86. The van der Waals surface area contributed by atoms with Gasteiger partial charge in [0.05, 0.1) is 29.4 Å². The Morgan fingerprint density at radius 3 is 2.85 bits per heavy atom. The average molecular weight is 349 g/mol. The molecule has 1 aliphatic carbocycles. The summed E-state index contributed by atoms with van der Waals surface area (Å²) >= 11 is 0. The third-order valence-corrected chi connectivity index (χ3v) is 5.15. The Morgan fingerprint density at radius 1 is 1.15 bits per heavy atom. The summed E-state index contributed by atoms with van der Waals surface area (Å²) < 4.78 is 2.13. The minimum atomic E-state index is -0.490. The number of hydrogen-bond donors (Lipinski definition) is 2. The van der Waals surface area contributed by atoms with Crippen molar-refractivity contribution in [3.8, 4) is 0 Å². The number of nitrogens with zero attached hydrogens (tertiary/aromatic N) is 2. The summed E-state index contributed by atoms with van der Waals surface area (Å²) in [5.41, 5.74) is 4.33. The van der Waals surface area contributed by atoms with E-state index in [4.69, 9.17) is 0 Å². The lowest BCUT2D eigenvalue weighted by Gasteiger charge is -2.14. The zero-order valence-corrected chi connectivity index (χ0v) is 14.6. The second-order valence-electron chi connectivity index (χ2n) is 7.00. The highest BCUT2D eigenvalue weighted by Crippen LogP contribution is 2.25. The second kappa shape index (κ2) is 7.30. The van der Waals surface area contributed by atoms with Crippen LogP contribution in [0, 0.1) is 5.92 Å². The molecule has 0 bridgehead atoms. The lowest BCUT2D eigenvalue weighted by atomic mass is 10.0. The van der Waals surface area contributed by atoms with Gasteiger partial charge in [0.2, 0.25) is 5.91 Å². The Hall–Kier alpha value is -2.66. The molecule has 1 aliphatic rings. The number of imidazole rings is 1. The smallest absolute Gasteiger partial charge is 0.225 e. The molecule has 0 aliphatic heterocycles. The van der Waals surface area contributed by atoms with Crippen LogP contribution in [0.3, 0.4) is 0 Å². The molecular weight excluding hydrogens is 326 g/mol. The fraction of sp³-hybridized carbons (Fsp3) is 0.333. The van der Waals surface area contributed by atoms with Gasteiger partial charge in [0.15, 0.2) is 0 Å². The summed E-state index contributed by atoms with van der Waals surface area (Å²) in [6.45, 7) is 1.23. The van der Waals surface area contributed by atoms with Crippen molar-refractivity contribution in [2.75, 3.05) is 0 Å². The number of rotatable bonds is 5. The second-order valence-corrected chi connectivity index (χ2v) is 7.00. The molecule has 0 spiro atoms. The van der Waals surface area contributed by atoms with Crippen molar-refractivity contribution in [3.63, 3.8) is 0 Å². The molecule has 5 nitrogen and oxygen atoms in total. The Balaban J connectivity index is 1.42. The largest absolute Gasteiger partial charge is 0.392 e. The maximum absolute atomic E-state index is 12.2.